The van der Waals surface area contributed by atoms with Crippen LogP contribution < -0.4 is 4.31 Å². The van der Waals surface area contributed by atoms with E-state index in [1.165, 1.54) is 18.2 Å². The number of carbonyl (C=O) groups is 1. The first-order chi connectivity index (χ1) is 18.0. The number of anilines is 1. The van der Waals surface area contributed by atoms with Gasteiger partial charge in [0.25, 0.3) is 15.9 Å². The minimum atomic E-state index is -4.33. The zero-order chi connectivity index (χ0) is 27.7. The van der Waals surface area contributed by atoms with Gasteiger partial charge in [0.1, 0.15) is 6.29 Å². The van der Waals surface area contributed by atoms with E-state index in [-0.39, 0.29) is 39.7 Å². The monoisotopic (exact) mass is 601 g/mol. The average Bonchev–Trinajstić information content (AvgIpc) is 3.50. The Hall–Kier alpha value is -2.07. The van der Waals surface area contributed by atoms with Gasteiger partial charge in [-0.2, -0.15) is 0 Å². The van der Waals surface area contributed by atoms with E-state index in [1.54, 1.807) is 49.9 Å². The molecule has 1 aliphatic heterocycles. The number of aryl methyl sites for hydroxylation is 1. The summed E-state index contributed by atoms with van der Waals surface area (Å²) < 4.78 is 55.0. The smallest absolute Gasteiger partial charge is 0.350 e. The van der Waals surface area contributed by atoms with Crippen molar-refractivity contribution in [1.29, 1.82) is 0 Å². The lowest BCUT2D eigenvalue weighted by Crippen LogP contribution is -2.33. The van der Waals surface area contributed by atoms with Crippen LogP contribution in [-0.2, 0) is 30.7 Å². The first-order valence-electron chi connectivity index (χ1n) is 12.2. The zero-order valence-electron chi connectivity index (χ0n) is 21.4. The Morgan fingerprint density at radius 1 is 1.03 bits per heavy atom. The molecule has 0 bridgehead atoms. The van der Waals surface area contributed by atoms with E-state index < -0.39 is 23.9 Å². The number of sulfonamides is 1. The van der Waals surface area contributed by atoms with Crippen molar-refractivity contribution in [2.45, 2.75) is 31.6 Å². The van der Waals surface area contributed by atoms with Crippen molar-refractivity contribution in [3.63, 3.8) is 0 Å². The predicted octanol–water partition coefficient (Wildman–Crippen LogP) is 6.14. The maximum atomic E-state index is 13.9. The summed E-state index contributed by atoms with van der Waals surface area (Å²) in [5.74, 6) is -0.0592. The molecule has 0 unspecified atom stereocenters. The first-order valence-corrected chi connectivity index (χ1v) is 16.2. The van der Waals surface area contributed by atoms with E-state index in [9.17, 15) is 17.8 Å². The Labute approximate surface area is 232 Å². The quantitative estimate of drug-likeness (QED) is 0.259. The Balaban J connectivity index is 1.85. The topological polar surface area (TPSA) is 98.1 Å². The molecule has 2 aromatic carbocycles. The molecule has 9 nitrogen and oxygen atoms in total. The summed E-state index contributed by atoms with van der Waals surface area (Å²) in [6, 6.07) is 8.89. The normalized spacial score (nSPS) is 14.4. The molecule has 1 aliphatic rings. The van der Waals surface area contributed by atoms with Gasteiger partial charge in [0.2, 0.25) is 0 Å². The summed E-state index contributed by atoms with van der Waals surface area (Å²) in [5.41, 5.74) is 1.40. The van der Waals surface area contributed by atoms with E-state index in [1.807, 2.05) is 4.90 Å². The number of aromatic nitrogens is 1. The van der Waals surface area contributed by atoms with Crippen LogP contribution in [0, 0.1) is 0 Å². The van der Waals surface area contributed by atoms with Crippen molar-refractivity contribution in [2.75, 3.05) is 36.9 Å². The largest absolute Gasteiger partial charge is 0.350 e. The number of rotatable bonds is 10. The van der Waals surface area contributed by atoms with Gasteiger partial charge < -0.3 is 18.5 Å². The van der Waals surface area contributed by atoms with Gasteiger partial charge in [-0.25, -0.2) is 8.42 Å². The molecule has 13 heteroatoms. The van der Waals surface area contributed by atoms with Crippen molar-refractivity contribution >= 4 is 63.3 Å². The van der Waals surface area contributed by atoms with E-state index in [0.29, 0.717) is 29.6 Å². The first kappa shape index (κ1) is 28.9. The van der Waals surface area contributed by atoms with Crippen molar-refractivity contribution in [3.05, 3.63) is 58.2 Å². The van der Waals surface area contributed by atoms with E-state index in [2.05, 4.69) is 0 Å². The fourth-order valence-electron chi connectivity index (χ4n) is 4.56. The van der Waals surface area contributed by atoms with Crippen LogP contribution in [-0.4, -0.2) is 56.4 Å². The molecule has 0 spiro atoms. The number of likely N-dealkylation sites (tertiary alicyclic amines) is 1. The van der Waals surface area contributed by atoms with Gasteiger partial charge in [0, 0.05) is 41.8 Å². The Bertz CT molecular complexity index is 1470. The van der Waals surface area contributed by atoms with Crippen LogP contribution in [0.3, 0.4) is 0 Å². The van der Waals surface area contributed by atoms with Gasteiger partial charge >= 0.3 is 7.60 Å². The highest BCUT2D eigenvalue weighted by Gasteiger charge is 2.36. The summed E-state index contributed by atoms with van der Waals surface area (Å²) in [4.78, 5) is 14.8. The van der Waals surface area contributed by atoms with Crippen LogP contribution in [0.4, 0.5) is 5.69 Å². The number of nitrogens with zero attached hydrogens (tertiary/aromatic N) is 3. The summed E-state index contributed by atoms with van der Waals surface area (Å²) in [7, 11) is -6.41. The van der Waals surface area contributed by atoms with Crippen LogP contribution in [0.15, 0.2) is 47.5 Å². The minimum absolute atomic E-state index is 0.0592. The van der Waals surface area contributed by atoms with Crippen LogP contribution in [0.5, 0.6) is 0 Å². The highest BCUT2D eigenvalue weighted by Crippen LogP contribution is 2.50. The lowest BCUT2D eigenvalue weighted by molar-refractivity contribution is 0.0794. The molecular formula is C25H30Cl2N3O6PS. The number of amides is 1. The third kappa shape index (κ3) is 5.91. The molecule has 0 N–H and O–H groups in total. The van der Waals surface area contributed by atoms with Gasteiger partial charge in [-0.3, -0.25) is 13.7 Å². The van der Waals surface area contributed by atoms with Gasteiger partial charge in [-0.05, 0) is 63.1 Å². The van der Waals surface area contributed by atoms with Crippen LogP contribution in [0.1, 0.15) is 37.0 Å². The molecule has 1 fully saturated rings. The highest BCUT2D eigenvalue weighted by atomic mass is 35.5. The van der Waals surface area contributed by atoms with E-state index >= 15 is 0 Å². The van der Waals surface area contributed by atoms with Crippen LogP contribution >= 0.6 is 30.8 Å². The number of hydrogen-bond donors (Lipinski definition) is 0. The lowest BCUT2D eigenvalue weighted by atomic mass is 10.1. The molecule has 0 radical (unpaired) electrons. The second kappa shape index (κ2) is 11.6. The molecule has 0 atom stereocenters. The van der Waals surface area contributed by atoms with Gasteiger partial charge in [0.15, 0.2) is 0 Å². The lowest BCUT2D eigenvalue weighted by Gasteiger charge is -2.28. The summed E-state index contributed by atoms with van der Waals surface area (Å²) >= 11 is 12.2. The molecule has 3 aromatic rings. The molecule has 1 amide bonds. The number of hydrogen-bond acceptors (Lipinski definition) is 6. The maximum Gasteiger partial charge on any atom is 0.350 e. The Morgan fingerprint density at radius 3 is 2.21 bits per heavy atom. The van der Waals surface area contributed by atoms with E-state index in [0.717, 1.165) is 17.1 Å². The zero-order valence-corrected chi connectivity index (χ0v) is 24.6. The second-order valence-corrected chi connectivity index (χ2v) is 13.7. The SMILES string of the molecule is CCOP(=O)(CN(c1ccc2c(C(=O)N3CCCC3)cn(C)c2c1)S(=O)(=O)c1cc(Cl)cc(Cl)c1)OCC. The number of fused-ring (bicyclic) bond motifs is 1. The molecule has 4 rings (SSSR count). The highest BCUT2D eigenvalue weighted by molar-refractivity contribution is 7.93. The van der Waals surface area contributed by atoms with Crippen LogP contribution in [0.2, 0.25) is 10.0 Å². The molecule has 38 heavy (non-hydrogen) atoms. The minimum Gasteiger partial charge on any atom is -0.350 e. The number of halogens is 2. The number of benzene rings is 2. The van der Waals surface area contributed by atoms with E-state index in [4.69, 9.17) is 32.2 Å². The predicted molar refractivity (Wildman–Crippen MR) is 150 cm³/mol. The van der Waals surface area contributed by atoms with Crippen molar-refractivity contribution < 1.29 is 26.8 Å². The van der Waals surface area contributed by atoms with Gasteiger partial charge in [-0.15, -0.1) is 0 Å². The Kier molecular flexibility index (Phi) is 8.81. The van der Waals surface area contributed by atoms with Crippen LogP contribution in [0.25, 0.3) is 10.9 Å². The fraction of sp³-hybridized carbons (Fsp3) is 0.400. The molecule has 1 aromatic heterocycles. The fourth-order valence-corrected chi connectivity index (χ4v) is 8.95. The third-order valence-corrected chi connectivity index (χ3v) is 10.6. The molecule has 0 saturated carbocycles. The summed E-state index contributed by atoms with van der Waals surface area (Å²) in [5, 5.41) is 0.961. The van der Waals surface area contributed by atoms with Gasteiger partial charge in [-0.1, -0.05) is 23.2 Å². The Morgan fingerprint density at radius 2 is 1.63 bits per heavy atom. The third-order valence-electron chi connectivity index (χ3n) is 6.26. The molecule has 0 aliphatic carbocycles. The van der Waals surface area contributed by atoms with Gasteiger partial charge in [0.05, 0.1) is 34.9 Å². The molecule has 2 heterocycles. The maximum absolute atomic E-state index is 13.9. The number of carbonyl (C=O) groups excluding carboxylic acids is 1. The standard InChI is InChI=1S/C25H30Cl2N3O6PS/c1-4-35-37(32,36-5-2)17-30(38(33,34)21-13-18(26)12-19(27)14-21)20-8-9-22-23(16-28(3)24(22)15-20)25(31)29-10-6-7-11-29/h8-9,12-16H,4-7,10-11,17H2,1-3H3. The summed E-state index contributed by atoms with van der Waals surface area (Å²) in [6.45, 7) is 4.85. The molecular weight excluding hydrogens is 572 g/mol. The average molecular weight is 602 g/mol. The van der Waals surface area contributed by atoms with Crippen molar-refractivity contribution in [3.8, 4) is 0 Å². The molecule has 206 valence electrons. The summed E-state index contributed by atoms with van der Waals surface area (Å²) in [6.07, 6.45) is 3.12. The second-order valence-electron chi connectivity index (χ2n) is 8.90. The molecule has 1 saturated heterocycles. The van der Waals surface area contributed by atoms with Crippen molar-refractivity contribution in [1.82, 2.24) is 9.47 Å². The van der Waals surface area contributed by atoms with Crippen molar-refractivity contribution in [2.24, 2.45) is 7.05 Å².